The summed E-state index contributed by atoms with van der Waals surface area (Å²) in [5.41, 5.74) is 3.55. The predicted molar refractivity (Wildman–Crippen MR) is 118 cm³/mol. The second kappa shape index (κ2) is 8.25. The number of aromatic hydroxyl groups is 1. The fourth-order valence-electron chi connectivity index (χ4n) is 4.49. The van der Waals surface area contributed by atoms with Crippen LogP contribution in [0.25, 0.3) is 0 Å². The Morgan fingerprint density at radius 1 is 1.10 bits per heavy atom. The maximum atomic E-state index is 13.4. The van der Waals surface area contributed by atoms with Crippen LogP contribution in [0.3, 0.4) is 0 Å². The lowest BCUT2D eigenvalue weighted by Gasteiger charge is -2.38. The molecule has 0 bridgehead atoms. The Morgan fingerprint density at radius 2 is 1.87 bits per heavy atom. The molecule has 1 aliphatic heterocycles. The Kier molecular flexibility index (Phi) is 5.65. The lowest BCUT2D eigenvalue weighted by Crippen LogP contribution is -2.54. The molecule has 4 rings (SSSR count). The van der Waals surface area contributed by atoms with Gasteiger partial charge in [-0.2, -0.15) is 0 Å². The van der Waals surface area contributed by atoms with Gasteiger partial charge in [-0.25, -0.2) is 4.79 Å². The van der Waals surface area contributed by atoms with Crippen molar-refractivity contribution in [1.82, 2.24) is 10.2 Å². The number of carbonyl (C=O) groups excluding carboxylic acids is 2. The zero-order chi connectivity index (χ0) is 22.2. The highest BCUT2D eigenvalue weighted by atomic mass is 16.6. The Bertz CT molecular complexity index is 995. The molecule has 2 atom stereocenters. The molecule has 1 aliphatic carbocycles. The molecule has 0 aromatic heterocycles. The van der Waals surface area contributed by atoms with E-state index < -0.39 is 17.7 Å². The second-order valence-corrected chi connectivity index (χ2v) is 9.43. The number of phenolic OH excluding ortho intramolecular Hbond substituents is 1. The van der Waals surface area contributed by atoms with Crippen molar-refractivity contribution in [2.75, 3.05) is 0 Å². The normalized spacial score (nSPS) is 20.4. The molecule has 0 radical (unpaired) electrons. The number of ether oxygens (including phenoxy) is 1. The summed E-state index contributed by atoms with van der Waals surface area (Å²) >= 11 is 0. The number of carbonyl (C=O) groups is 2. The van der Waals surface area contributed by atoms with E-state index in [0.29, 0.717) is 6.42 Å². The third-order valence-electron chi connectivity index (χ3n) is 5.94. The summed E-state index contributed by atoms with van der Waals surface area (Å²) in [7, 11) is 0. The molecule has 2 aliphatic rings. The van der Waals surface area contributed by atoms with Gasteiger partial charge in [0, 0.05) is 6.42 Å². The number of nitrogens with zero attached hydrogens (tertiary/aromatic N) is 1. The standard InChI is InChI=1S/C25H30N2O4/c1-25(2,3)31-24(30)27-15-18-13-19(28)12-11-17(18)14-22(27)23(29)26-21-10-6-8-16-7-4-5-9-20(16)21/h4-5,7,9,11-13,21-22,28H,6,8,10,14-15H2,1-3H3,(H,26,29)/t21-,22?/m1/s1. The molecule has 2 aromatic carbocycles. The SMILES string of the molecule is CC(C)(C)OC(=O)N1Cc2cc(O)ccc2CC1C(=O)N[C@@H]1CCCc2ccccc21. The number of aryl methyl sites for hydroxylation is 1. The van der Waals surface area contributed by atoms with Crippen LogP contribution in [-0.2, 0) is 28.9 Å². The van der Waals surface area contributed by atoms with Gasteiger partial charge in [-0.1, -0.05) is 30.3 Å². The van der Waals surface area contributed by atoms with Crippen molar-refractivity contribution in [2.45, 2.75) is 70.7 Å². The molecule has 0 saturated heterocycles. The van der Waals surface area contributed by atoms with Gasteiger partial charge in [0.25, 0.3) is 0 Å². The smallest absolute Gasteiger partial charge is 0.411 e. The van der Waals surface area contributed by atoms with Crippen LogP contribution in [0.5, 0.6) is 5.75 Å². The van der Waals surface area contributed by atoms with Gasteiger partial charge in [0.2, 0.25) is 5.91 Å². The molecule has 2 amide bonds. The van der Waals surface area contributed by atoms with Gasteiger partial charge in [0.05, 0.1) is 12.6 Å². The molecule has 2 aromatic rings. The minimum atomic E-state index is -0.667. The van der Waals surface area contributed by atoms with Crippen LogP contribution in [0.2, 0.25) is 0 Å². The van der Waals surface area contributed by atoms with Gasteiger partial charge in [0.15, 0.2) is 0 Å². The second-order valence-electron chi connectivity index (χ2n) is 9.43. The molecule has 31 heavy (non-hydrogen) atoms. The van der Waals surface area contributed by atoms with E-state index in [1.54, 1.807) is 12.1 Å². The molecular formula is C25H30N2O4. The zero-order valence-electron chi connectivity index (χ0n) is 18.4. The first-order valence-electron chi connectivity index (χ1n) is 10.9. The van der Waals surface area contributed by atoms with Crippen LogP contribution in [0.1, 0.15) is 61.9 Å². The Hall–Kier alpha value is -3.02. The molecule has 1 unspecified atom stereocenters. The predicted octanol–water partition coefficient (Wildman–Crippen LogP) is 4.25. The lowest BCUT2D eigenvalue weighted by molar-refractivity contribution is -0.128. The van der Waals surface area contributed by atoms with Crippen molar-refractivity contribution < 1.29 is 19.4 Å². The van der Waals surface area contributed by atoms with Gasteiger partial charge in [-0.05, 0) is 74.4 Å². The molecule has 6 heteroatoms. The third kappa shape index (κ3) is 4.68. The van der Waals surface area contributed by atoms with E-state index in [-0.39, 0.29) is 24.2 Å². The average Bonchev–Trinajstić information content (AvgIpc) is 2.71. The molecule has 2 N–H and O–H groups in total. The summed E-state index contributed by atoms with van der Waals surface area (Å²) in [6.07, 6.45) is 2.78. The number of fused-ring (bicyclic) bond motifs is 2. The third-order valence-corrected chi connectivity index (χ3v) is 5.94. The van der Waals surface area contributed by atoms with E-state index in [1.807, 2.05) is 39.0 Å². The molecule has 0 spiro atoms. The van der Waals surface area contributed by atoms with Crippen LogP contribution in [0, 0.1) is 0 Å². The van der Waals surface area contributed by atoms with Gasteiger partial charge in [0.1, 0.15) is 17.4 Å². The highest BCUT2D eigenvalue weighted by molar-refractivity contribution is 5.87. The molecule has 1 heterocycles. The first-order valence-corrected chi connectivity index (χ1v) is 10.9. The Labute approximate surface area is 183 Å². The lowest BCUT2D eigenvalue weighted by atomic mass is 9.87. The molecule has 164 valence electrons. The van der Waals surface area contributed by atoms with Gasteiger partial charge in [-0.15, -0.1) is 0 Å². The Morgan fingerprint density at radius 3 is 2.65 bits per heavy atom. The van der Waals surface area contributed by atoms with E-state index in [1.165, 1.54) is 10.5 Å². The number of nitrogens with one attached hydrogen (secondary N) is 1. The first-order chi connectivity index (χ1) is 14.7. The minimum Gasteiger partial charge on any atom is -0.508 e. The average molecular weight is 423 g/mol. The summed E-state index contributed by atoms with van der Waals surface area (Å²) in [5, 5.41) is 13.1. The van der Waals surface area contributed by atoms with Crippen LogP contribution in [0.15, 0.2) is 42.5 Å². The Balaban J connectivity index is 1.60. The van der Waals surface area contributed by atoms with E-state index in [2.05, 4.69) is 17.4 Å². The summed E-state index contributed by atoms with van der Waals surface area (Å²) in [6.45, 7) is 5.64. The van der Waals surface area contributed by atoms with Crippen molar-refractivity contribution in [1.29, 1.82) is 0 Å². The molecular weight excluding hydrogens is 392 g/mol. The number of phenols is 1. The van der Waals surface area contributed by atoms with Gasteiger partial charge < -0.3 is 15.2 Å². The first kappa shape index (κ1) is 21.2. The van der Waals surface area contributed by atoms with Gasteiger partial charge >= 0.3 is 6.09 Å². The van der Waals surface area contributed by atoms with Crippen molar-refractivity contribution in [2.24, 2.45) is 0 Å². The maximum Gasteiger partial charge on any atom is 0.411 e. The van der Waals surface area contributed by atoms with Crippen LogP contribution in [-0.4, -0.2) is 33.6 Å². The van der Waals surface area contributed by atoms with Crippen molar-refractivity contribution in [3.63, 3.8) is 0 Å². The van der Waals surface area contributed by atoms with Crippen LogP contribution in [0.4, 0.5) is 4.79 Å². The van der Waals surface area contributed by atoms with E-state index in [0.717, 1.165) is 36.0 Å². The molecule has 0 saturated carbocycles. The van der Waals surface area contributed by atoms with Crippen molar-refractivity contribution >= 4 is 12.0 Å². The number of rotatable bonds is 2. The fourth-order valence-corrected chi connectivity index (χ4v) is 4.49. The highest BCUT2D eigenvalue weighted by Gasteiger charge is 2.38. The molecule has 6 nitrogen and oxygen atoms in total. The fraction of sp³-hybridized carbons (Fsp3) is 0.440. The summed E-state index contributed by atoms with van der Waals surface area (Å²) in [5.74, 6) is -0.0316. The molecule has 0 fully saturated rings. The summed E-state index contributed by atoms with van der Waals surface area (Å²) < 4.78 is 5.59. The topological polar surface area (TPSA) is 78.9 Å². The zero-order valence-corrected chi connectivity index (χ0v) is 18.4. The van der Waals surface area contributed by atoms with Gasteiger partial charge in [-0.3, -0.25) is 9.69 Å². The summed E-state index contributed by atoms with van der Waals surface area (Å²) in [6, 6.07) is 12.6. The maximum absolute atomic E-state index is 13.4. The van der Waals surface area contributed by atoms with E-state index >= 15 is 0 Å². The van der Waals surface area contributed by atoms with Crippen LogP contribution >= 0.6 is 0 Å². The monoisotopic (exact) mass is 422 g/mol. The largest absolute Gasteiger partial charge is 0.508 e. The quantitative estimate of drug-likeness (QED) is 0.758. The number of hydrogen-bond donors (Lipinski definition) is 2. The van der Waals surface area contributed by atoms with E-state index in [9.17, 15) is 14.7 Å². The van der Waals surface area contributed by atoms with Crippen LogP contribution < -0.4 is 5.32 Å². The number of benzene rings is 2. The van der Waals surface area contributed by atoms with Crippen molar-refractivity contribution in [3.8, 4) is 5.75 Å². The summed E-state index contributed by atoms with van der Waals surface area (Å²) in [4.78, 5) is 27.9. The number of amides is 2. The van der Waals surface area contributed by atoms with Crippen molar-refractivity contribution in [3.05, 3.63) is 64.7 Å². The minimum absolute atomic E-state index is 0.0563. The van der Waals surface area contributed by atoms with E-state index in [4.69, 9.17) is 4.74 Å². The number of hydrogen-bond acceptors (Lipinski definition) is 4. The highest BCUT2D eigenvalue weighted by Crippen LogP contribution is 2.32.